The first-order chi connectivity index (χ1) is 8.25. The third kappa shape index (κ3) is 1.66. The maximum Gasteiger partial charge on any atom is 0.157 e. The summed E-state index contributed by atoms with van der Waals surface area (Å²) in [5.41, 5.74) is 7.24. The molecule has 3 rings (SSSR count). The van der Waals surface area contributed by atoms with Crippen LogP contribution in [0.2, 0.25) is 5.15 Å². The molecule has 2 N–H and O–H groups in total. The van der Waals surface area contributed by atoms with Crippen molar-refractivity contribution in [3.8, 4) is 0 Å². The number of halogens is 1. The molecule has 0 aliphatic heterocycles. The third-order valence-electron chi connectivity index (χ3n) is 2.64. The van der Waals surface area contributed by atoms with E-state index in [-0.39, 0.29) is 0 Å². The molecule has 0 saturated carbocycles. The van der Waals surface area contributed by atoms with Gasteiger partial charge in [-0.15, -0.1) is 0 Å². The molecule has 86 valence electrons. The van der Waals surface area contributed by atoms with Gasteiger partial charge in [0, 0.05) is 6.20 Å². The quantitative estimate of drug-likeness (QED) is 0.758. The molecule has 3 aromatic heterocycles. The second kappa shape index (κ2) is 3.82. The normalized spacial score (nSPS) is 11.1. The number of furan rings is 1. The molecule has 0 fully saturated rings. The largest absolute Gasteiger partial charge is 0.469 e. The third-order valence-corrected chi connectivity index (χ3v) is 2.90. The second-order valence-corrected chi connectivity index (χ2v) is 4.12. The number of aromatic nitrogens is 2. The van der Waals surface area contributed by atoms with E-state index in [1.165, 1.54) is 0 Å². The number of rotatable bonds is 2. The van der Waals surface area contributed by atoms with E-state index in [2.05, 4.69) is 4.98 Å². The Balaban J connectivity index is 2.15. The fraction of sp³-hybridized carbons (Fsp3) is 0.0833. The zero-order valence-corrected chi connectivity index (χ0v) is 9.69. The minimum absolute atomic E-state index is 0.421. The van der Waals surface area contributed by atoms with Gasteiger partial charge in [0.1, 0.15) is 17.1 Å². The summed E-state index contributed by atoms with van der Waals surface area (Å²) >= 11 is 6.08. The Morgan fingerprint density at radius 1 is 1.35 bits per heavy atom. The van der Waals surface area contributed by atoms with Crippen LogP contribution < -0.4 is 5.73 Å². The van der Waals surface area contributed by atoms with E-state index in [4.69, 9.17) is 21.8 Å². The molecule has 0 bridgehead atoms. The summed E-state index contributed by atoms with van der Waals surface area (Å²) in [7, 11) is 0. The van der Waals surface area contributed by atoms with E-state index in [1.807, 2.05) is 28.8 Å². The standard InChI is InChI=1S/C12H10ClN3O/c13-12-11-9(14)4-1-5-16(11)10(15-12)7-8-3-2-6-17-8/h1-6H,7,14H2. The first-order valence-corrected chi connectivity index (χ1v) is 5.57. The van der Waals surface area contributed by atoms with Crippen molar-refractivity contribution < 1.29 is 4.42 Å². The van der Waals surface area contributed by atoms with Crippen molar-refractivity contribution >= 4 is 22.8 Å². The number of nitrogen functional groups attached to an aromatic ring is 1. The lowest BCUT2D eigenvalue weighted by molar-refractivity contribution is 0.516. The van der Waals surface area contributed by atoms with Crippen molar-refractivity contribution in [3.63, 3.8) is 0 Å². The van der Waals surface area contributed by atoms with Gasteiger partial charge in [-0.1, -0.05) is 11.6 Å². The van der Waals surface area contributed by atoms with Gasteiger partial charge < -0.3 is 14.6 Å². The van der Waals surface area contributed by atoms with Gasteiger partial charge in [-0.3, -0.25) is 0 Å². The molecule has 0 amide bonds. The Morgan fingerprint density at radius 2 is 2.24 bits per heavy atom. The molecule has 4 nitrogen and oxygen atoms in total. The first kappa shape index (κ1) is 10.2. The summed E-state index contributed by atoms with van der Waals surface area (Å²) in [6.45, 7) is 0. The number of anilines is 1. The van der Waals surface area contributed by atoms with Gasteiger partial charge in [-0.05, 0) is 24.3 Å². The molecule has 3 heterocycles. The van der Waals surface area contributed by atoms with Crippen LogP contribution in [0.25, 0.3) is 5.52 Å². The molecule has 0 aromatic carbocycles. The highest BCUT2D eigenvalue weighted by Crippen LogP contribution is 2.24. The van der Waals surface area contributed by atoms with Crippen LogP contribution in [0.3, 0.4) is 0 Å². The SMILES string of the molecule is Nc1cccn2c(Cc3ccco3)nc(Cl)c12. The summed E-state index contributed by atoms with van der Waals surface area (Å²) in [4.78, 5) is 4.31. The van der Waals surface area contributed by atoms with E-state index in [9.17, 15) is 0 Å². The molecule has 3 aromatic rings. The highest BCUT2D eigenvalue weighted by molar-refractivity contribution is 6.33. The van der Waals surface area contributed by atoms with E-state index in [1.54, 1.807) is 12.3 Å². The van der Waals surface area contributed by atoms with Crippen LogP contribution in [-0.4, -0.2) is 9.38 Å². The van der Waals surface area contributed by atoms with Crippen molar-refractivity contribution in [1.82, 2.24) is 9.38 Å². The Bertz CT molecular complexity index is 658. The Hall–Kier alpha value is -1.94. The Labute approximate surface area is 103 Å². The molecule has 0 unspecified atom stereocenters. The van der Waals surface area contributed by atoms with Crippen molar-refractivity contribution in [1.29, 1.82) is 0 Å². The minimum atomic E-state index is 0.421. The number of pyridine rings is 1. The number of fused-ring (bicyclic) bond motifs is 1. The fourth-order valence-electron chi connectivity index (χ4n) is 1.87. The van der Waals surface area contributed by atoms with Crippen molar-refractivity contribution in [2.24, 2.45) is 0 Å². The zero-order chi connectivity index (χ0) is 11.8. The Kier molecular flexibility index (Phi) is 2.30. The molecule has 0 radical (unpaired) electrons. The lowest BCUT2D eigenvalue weighted by Gasteiger charge is -2.00. The molecule has 0 aliphatic rings. The Morgan fingerprint density at radius 3 is 3.00 bits per heavy atom. The summed E-state index contributed by atoms with van der Waals surface area (Å²) in [5, 5.41) is 0.421. The molecule has 0 saturated heterocycles. The fourth-order valence-corrected chi connectivity index (χ4v) is 2.17. The average Bonchev–Trinajstić information content (AvgIpc) is 2.90. The summed E-state index contributed by atoms with van der Waals surface area (Å²) in [6.07, 6.45) is 4.12. The van der Waals surface area contributed by atoms with Gasteiger partial charge in [0.15, 0.2) is 5.15 Å². The van der Waals surface area contributed by atoms with Gasteiger partial charge in [0.05, 0.1) is 18.4 Å². The molecule has 0 atom stereocenters. The lowest BCUT2D eigenvalue weighted by atomic mass is 10.3. The molecule has 5 heteroatoms. The highest BCUT2D eigenvalue weighted by Gasteiger charge is 2.12. The van der Waals surface area contributed by atoms with Crippen LogP contribution in [0, 0.1) is 0 Å². The lowest BCUT2D eigenvalue weighted by Crippen LogP contribution is -1.96. The van der Waals surface area contributed by atoms with Gasteiger partial charge in [0.2, 0.25) is 0 Å². The maximum absolute atomic E-state index is 6.08. The number of hydrogen-bond acceptors (Lipinski definition) is 3. The number of hydrogen-bond donors (Lipinski definition) is 1. The summed E-state index contributed by atoms with van der Waals surface area (Å²) < 4.78 is 7.19. The number of nitrogens with two attached hydrogens (primary N) is 1. The summed E-state index contributed by atoms with van der Waals surface area (Å²) in [5.74, 6) is 1.66. The van der Waals surface area contributed by atoms with Gasteiger partial charge >= 0.3 is 0 Å². The van der Waals surface area contributed by atoms with E-state index in [0.29, 0.717) is 17.3 Å². The average molecular weight is 248 g/mol. The van der Waals surface area contributed by atoms with Crippen LogP contribution in [0.15, 0.2) is 41.1 Å². The second-order valence-electron chi connectivity index (χ2n) is 3.76. The van der Waals surface area contributed by atoms with E-state index >= 15 is 0 Å². The topological polar surface area (TPSA) is 56.5 Å². The molecule has 17 heavy (non-hydrogen) atoms. The van der Waals surface area contributed by atoms with E-state index < -0.39 is 0 Å². The van der Waals surface area contributed by atoms with Crippen molar-refractivity contribution in [3.05, 3.63) is 53.5 Å². The zero-order valence-electron chi connectivity index (χ0n) is 8.93. The predicted molar refractivity (Wildman–Crippen MR) is 66.1 cm³/mol. The van der Waals surface area contributed by atoms with Crippen molar-refractivity contribution in [2.75, 3.05) is 5.73 Å². The van der Waals surface area contributed by atoms with Crippen LogP contribution >= 0.6 is 11.6 Å². The monoisotopic (exact) mass is 247 g/mol. The van der Waals surface area contributed by atoms with Gasteiger partial charge in [0.25, 0.3) is 0 Å². The van der Waals surface area contributed by atoms with Crippen LogP contribution in [0.4, 0.5) is 5.69 Å². The minimum Gasteiger partial charge on any atom is -0.469 e. The molecule has 0 spiro atoms. The number of imidazole rings is 1. The molecule has 0 aliphatic carbocycles. The highest BCUT2D eigenvalue weighted by atomic mass is 35.5. The van der Waals surface area contributed by atoms with Gasteiger partial charge in [-0.2, -0.15) is 0 Å². The van der Waals surface area contributed by atoms with E-state index in [0.717, 1.165) is 17.1 Å². The predicted octanol–water partition coefficient (Wildman–Crippen LogP) is 2.75. The maximum atomic E-state index is 6.08. The van der Waals surface area contributed by atoms with Crippen LogP contribution in [-0.2, 0) is 6.42 Å². The molecular weight excluding hydrogens is 238 g/mol. The molecular formula is C12H10ClN3O. The van der Waals surface area contributed by atoms with Crippen LogP contribution in [0.1, 0.15) is 11.6 Å². The van der Waals surface area contributed by atoms with Gasteiger partial charge in [-0.25, -0.2) is 4.98 Å². The smallest absolute Gasteiger partial charge is 0.157 e. The van der Waals surface area contributed by atoms with Crippen LogP contribution in [0.5, 0.6) is 0 Å². The summed E-state index contributed by atoms with van der Waals surface area (Å²) in [6, 6.07) is 7.42. The van der Waals surface area contributed by atoms with Crippen molar-refractivity contribution in [2.45, 2.75) is 6.42 Å². The number of nitrogens with zero attached hydrogens (tertiary/aromatic N) is 2. The first-order valence-electron chi connectivity index (χ1n) is 5.19.